The fourth-order valence-corrected chi connectivity index (χ4v) is 10.5. The van der Waals surface area contributed by atoms with Gasteiger partial charge in [0.05, 0.1) is 18.3 Å². The summed E-state index contributed by atoms with van der Waals surface area (Å²) in [6, 6.07) is -1.17. The van der Waals surface area contributed by atoms with E-state index < -0.39 is 95.9 Å². The van der Waals surface area contributed by atoms with Crippen molar-refractivity contribution in [3.05, 3.63) is 59.8 Å². The summed E-state index contributed by atoms with van der Waals surface area (Å²) < 4.78 is 35.4. The third kappa shape index (κ3) is 15.4. The zero-order valence-electron chi connectivity index (χ0n) is 43.7. The number of nitrogens with zero attached hydrogens (tertiary/aromatic N) is 1. The van der Waals surface area contributed by atoms with E-state index in [1.54, 1.807) is 48.0 Å². The standard InChI is InChI=1S/C55H83NO14/c1-32(2)53(62)68-44-24-22-40(29-47(44)66-11)28-36(6)46-31-43(57)35(5)27-38(8)49(59)50(67-12)48(58)37(7)26-33(3)18-14-13-15-19-34(4)45(65-10)30-41-23-21-39(9)55(64,70-41)51(60)52(61)56-25-17-16-20-42(56)54(63)69-46/h13-15,18-19,27,33,35-37,39-42,44-47,49-50,59,64H,1,16-17,20-26,28-31H2,2-12H3/b15-13+,18-14+,34-19+,38-27+/t33?,35?,36-,37+,39+,40-,41-,42?,44+,45-,46-,47+,49+,50?,55+/m0/s1. The molecule has 2 saturated heterocycles. The van der Waals surface area contributed by atoms with Crippen molar-refractivity contribution in [1.82, 2.24) is 4.90 Å². The van der Waals surface area contributed by atoms with E-state index in [4.69, 9.17) is 28.4 Å². The number of ketones is 3. The number of methoxy groups -OCH3 is 3. The lowest BCUT2D eigenvalue weighted by molar-refractivity contribution is -0.265. The van der Waals surface area contributed by atoms with E-state index in [9.17, 15) is 39.0 Å². The number of piperidine rings is 1. The van der Waals surface area contributed by atoms with E-state index in [-0.39, 0.29) is 54.3 Å². The number of allylic oxidation sites excluding steroid dienone is 6. The maximum Gasteiger partial charge on any atom is 0.333 e. The quantitative estimate of drug-likeness (QED) is 0.106. The van der Waals surface area contributed by atoms with Gasteiger partial charge in [-0.15, -0.1) is 0 Å². The lowest BCUT2D eigenvalue weighted by Gasteiger charge is -2.42. The van der Waals surface area contributed by atoms with Gasteiger partial charge in [-0.25, -0.2) is 9.59 Å². The fraction of sp³-hybridized carbons (Fsp3) is 0.709. The number of fused-ring (bicyclic) bond motifs is 3. The highest BCUT2D eigenvalue weighted by Gasteiger charge is 2.53. The van der Waals surface area contributed by atoms with Crippen LogP contribution in [0.15, 0.2) is 59.8 Å². The Balaban J connectivity index is 1.70. The van der Waals surface area contributed by atoms with Gasteiger partial charge in [-0.1, -0.05) is 77.7 Å². The Morgan fingerprint density at radius 2 is 1.60 bits per heavy atom. The number of ether oxygens (including phenoxy) is 6. The van der Waals surface area contributed by atoms with Gasteiger partial charge in [0.2, 0.25) is 5.79 Å². The second-order valence-corrected chi connectivity index (χ2v) is 20.7. The zero-order chi connectivity index (χ0) is 52.0. The summed E-state index contributed by atoms with van der Waals surface area (Å²) in [7, 11) is 4.51. The molecule has 4 rings (SSSR count). The first-order valence-electron chi connectivity index (χ1n) is 25.4. The summed E-state index contributed by atoms with van der Waals surface area (Å²) in [5.41, 5.74) is 1.53. The van der Waals surface area contributed by atoms with Gasteiger partial charge in [-0.2, -0.15) is 0 Å². The molecule has 392 valence electrons. The summed E-state index contributed by atoms with van der Waals surface area (Å²) in [4.78, 5) is 84.7. The minimum Gasteiger partial charge on any atom is -0.460 e. The van der Waals surface area contributed by atoms with Crippen molar-refractivity contribution >= 4 is 35.2 Å². The highest BCUT2D eigenvalue weighted by molar-refractivity contribution is 6.39. The molecule has 1 amide bonds. The number of aliphatic hydroxyl groups excluding tert-OH is 1. The largest absolute Gasteiger partial charge is 0.460 e. The van der Waals surface area contributed by atoms with Crippen LogP contribution in [0.4, 0.5) is 0 Å². The number of esters is 2. The van der Waals surface area contributed by atoms with Crippen molar-refractivity contribution in [3.8, 4) is 0 Å². The summed E-state index contributed by atoms with van der Waals surface area (Å²) in [6.45, 7) is 17.9. The van der Waals surface area contributed by atoms with Crippen LogP contribution in [0.5, 0.6) is 0 Å². The summed E-state index contributed by atoms with van der Waals surface area (Å²) in [5, 5.41) is 23.5. The number of aliphatic hydroxyl groups is 2. The molecular formula is C55H83NO14. The minimum atomic E-state index is -2.45. The van der Waals surface area contributed by atoms with Crippen LogP contribution in [0, 0.1) is 35.5 Å². The van der Waals surface area contributed by atoms with Crippen LogP contribution < -0.4 is 0 Å². The predicted octanol–water partition coefficient (Wildman–Crippen LogP) is 7.31. The Hall–Kier alpha value is -4.12. The Labute approximate surface area is 416 Å². The Bertz CT molecular complexity index is 1970. The minimum absolute atomic E-state index is 0.00698. The van der Waals surface area contributed by atoms with E-state index in [1.807, 2.05) is 58.1 Å². The monoisotopic (exact) mass is 982 g/mol. The van der Waals surface area contributed by atoms with Crippen LogP contribution in [0.25, 0.3) is 0 Å². The highest BCUT2D eigenvalue weighted by atomic mass is 16.6. The maximum absolute atomic E-state index is 14.5. The lowest BCUT2D eigenvalue weighted by atomic mass is 9.78. The second kappa shape index (κ2) is 27.1. The van der Waals surface area contributed by atoms with Gasteiger partial charge in [-0.05, 0) is 114 Å². The topological polar surface area (TPSA) is 201 Å². The van der Waals surface area contributed by atoms with E-state index in [0.29, 0.717) is 69.8 Å². The van der Waals surface area contributed by atoms with E-state index >= 15 is 0 Å². The lowest BCUT2D eigenvalue weighted by Crippen LogP contribution is -2.61. The van der Waals surface area contributed by atoms with Crippen LogP contribution >= 0.6 is 0 Å². The molecule has 0 spiro atoms. The number of cyclic esters (lactones) is 1. The van der Waals surface area contributed by atoms with Gasteiger partial charge < -0.3 is 43.5 Å². The number of rotatable bonds is 8. The highest BCUT2D eigenvalue weighted by Crippen LogP contribution is 2.38. The smallest absolute Gasteiger partial charge is 0.333 e. The number of carbonyl (C=O) groups excluding carboxylic acids is 6. The molecule has 2 bridgehead atoms. The first kappa shape index (κ1) is 58.5. The first-order chi connectivity index (χ1) is 33.1. The van der Waals surface area contributed by atoms with Crippen molar-refractivity contribution in [1.29, 1.82) is 0 Å². The molecule has 0 aromatic carbocycles. The Kier molecular flexibility index (Phi) is 22.6. The normalized spacial score (nSPS) is 38.2. The van der Waals surface area contributed by atoms with Gasteiger partial charge in [-0.3, -0.25) is 19.2 Å². The number of amides is 1. The van der Waals surface area contributed by atoms with E-state index in [1.165, 1.54) is 12.0 Å². The number of carbonyl (C=O) groups is 6. The predicted molar refractivity (Wildman–Crippen MR) is 264 cm³/mol. The average molecular weight is 982 g/mol. The van der Waals surface area contributed by atoms with Gasteiger partial charge >= 0.3 is 11.9 Å². The molecule has 2 N–H and O–H groups in total. The van der Waals surface area contributed by atoms with Crippen LogP contribution in [0.3, 0.4) is 0 Å². The molecule has 0 radical (unpaired) electrons. The zero-order valence-corrected chi connectivity index (χ0v) is 43.7. The van der Waals surface area contributed by atoms with Crippen molar-refractivity contribution in [3.63, 3.8) is 0 Å². The molecule has 3 fully saturated rings. The van der Waals surface area contributed by atoms with Crippen molar-refractivity contribution in [2.75, 3.05) is 27.9 Å². The molecule has 15 nitrogen and oxygen atoms in total. The molecule has 0 aromatic heterocycles. The number of hydrogen-bond donors (Lipinski definition) is 2. The Morgan fingerprint density at radius 3 is 2.26 bits per heavy atom. The first-order valence-corrected chi connectivity index (χ1v) is 25.4. The Morgan fingerprint density at radius 1 is 0.886 bits per heavy atom. The third-order valence-corrected chi connectivity index (χ3v) is 15.1. The molecular weight excluding hydrogens is 899 g/mol. The molecule has 4 aliphatic rings. The van der Waals surface area contributed by atoms with Crippen molar-refractivity contribution < 1.29 is 67.4 Å². The molecule has 0 aromatic rings. The van der Waals surface area contributed by atoms with Gasteiger partial charge in [0, 0.05) is 64.0 Å². The van der Waals surface area contributed by atoms with Gasteiger partial charge in [0.25, 0.3) is 11.7 Å². The van der Waals surface area contributed by atoms with Gasteiger partial charge in [0.1, 0.15) is 36.2 Å². The molecule has 1 aliphatic carbocycles. The molecule has 1 saturated carbocycles. The third-order valence-electron chi connectivity index (χ3n) is 15.1. The molecule has 3 aliphatic heterocycles. The SMILES string of the molecule is C=C(C)C(=O)O[C@@H]1CC[C@@H](C[C@H](C)[C@@H]2CC(=O)C(C)/C=C(\C)[C@@H](O)C(OC)C(=O)[C@H](C)CC(C)/C=C/C=C/C=C(\C)[C@@H](OC)C[C@@H]3CC[C@@H](C)[C@@](O)(O3)C(=O)C(=O)N3CCCCC3C(=O)O2)C[C@H]1OC. The second-order valence-electron chi connectivity index (χ2n) is 20.7. The number of Topliss-reactive ketones (excluding diaryl/α,β-unsaturated/α-hetero) is 3. The summed E-state index contributed by atoms with van der Waals surface area (Å²) in [6.07, 6.45) is 10.8. The molecule has 15 heteroatoms. The van der Waals surface area contributed by atoms with Crippen LogP contribution in [-0.2, 0) is 57.2 Å². The van der Waals surface area contributed by atoms with E-state index in [2.05, 4.69) is 6.58 Å². The maximum atomic E-state index is 14.5. The molecule has 70 heavy (non-hydrogen) atoms. The van der Waals surface area contributed by atoms with Crippen molar-refractivity contribution in [2.45, 2.75) is 187 Å². The van der Waals surface area contributed by atoms with Crippen LogP contribution in [0.1, 0.15) is 132 Å². The fourth-order valence-electron chi connectivity index (χ4n) is 10.5. The molecule has 15 atom stereocenters. The average Bonchev–Trinajstić information content (AvgIpc) is 3.33. The van der Waals surface area contributed by atoms with Crippen molar-refractivity contribution in [2.24, 2.45) is 35.5 Å². The number of hydrogen-bond acceptors (Lipinski definition) is 14. The van der Waals surface area contributed by atoms with E-state index in [0.717, 1.165) is 5.57 Å². The summed E-state index contributed by atoms with van der Waals surface area (Å²) in [5.74, 6) is -8.75. The van der Waals surface area contributed by atoms with Crippen LogP contribution in [0.2, 0.25) is 0 Å². The van der Waals surface area contributed by atoms with Crippen LogP contribution in [-0.4, -0.2) is 133 Å². The molecule has 3 heterocycles. The molecule has 4 unspecified atom stereocenters. The van der Waals surface area contributed by atoms with Gasteiger partial charge in [0.15, 0.2) is 5.78 Å². The summed E-state index contributed by atoms with van der Waals surface area (Å²) >= 11 is 0.